The Labute approximate surface area is 149 Å². The maximum atomic E-state index is 12.4. The second kappa shape index (κ2) is 6.46. The lowest BCUT2D eigenvalue weighted by molar-refractivity contribution is 0.382. The molecule has 1 saturated carbocycles. The van der Waals surface area contributed by atoms with E-state index in [1.807, 2.05) is 12.3 Å². The van der Waals surface area contributed by atoms with Gasteiger partial charge in [-0.05, 0) is 19.1 Å². The topological polar surface area (TPSA) is 66.4 Å². The van der Waals surface area contributed by atoms with Crippen LogP contribution in [0.5, 0.6) is 0 Å². The van der Waals surface area contributed by atoms with Crippen molar-refractivity contribution in [1.82, 2.24) is 14.3 Å². The van der Waals surface area contributed by atoms with Crippen LogP contribution in [0.4, 0.5) is 5.82 Å². The van der Waals surface area contributed by atoms with Crippen molar-refractivity contribution in [3.05, 3.63) is 11.8 Å². The van der Waals surface area contributed by atoms with E-state index in [9.17, 15) is 8.42 Å². The van der Waals surface area contributed by atoms with Crippen LogP contribution in [-0.2, 0) is 15.4 Å². The summed E-state index contributed by atoms with van der Waals surface area (Å²) in [5.41, 5.74) is 0.976. The van der Waals surface area contributed by atoms with E-state index < -0.39 is 10.0 Å². The molecule has 0 spiro atoms. The summed E-state index contributed by atoms with van der Waals surface area (Å²) in [6.07, 6.45) is 3.62. The number of aromatic nitrogens is 2. The molecular formula is C16H26N4O2S2. The maximum absolute atomic E-state index is 12.4. The average Bonchev–Trinajstić information content (AvgIpc) is 3.39. The largest absolute Gasteiger partial charge is 0.354 e. The Morgan fingerprint density at radius 2 is 1.75 bits per heavy atom. The number of hydrogen-bond acceptors (Lipinski definition) is 6. The van der Waals surface area contributed by atoms with Gasteiger partial charge in [0.1, 0.15) is 5.82 Å². The molecule has 0 unspecified atom stereocenters. The first-order valence-electron chi connectivity index (χ1n) is 8.39. The van der Waals surface area contributed by atoms with Gasteiger partial charge in [-0.2, -0.15) is 4.31 Å². The molecule has 0 amide bonds. The van der Waals surface area contributed by atoms with Crippen LogP contribution in [0.15, 0.2) is 11.2 Å². The van der Waals surface area contributed by atoms with Gasteiger partial charge in [0.05, 0.1) is 10.9 Å². The van der Waals surface area contributed by atoms with Gasteiger partial charge < -0.3 is 4.90 Å². The van der Waals surface area contributed by atoms with Crippen LogP contribution in [0.2, 0.25) is 0 Å². The van der Waals surface area contributed by atoms with Gasteiger partial charge in [0.2, 0.25) is 10.0 Å². The summed E-state index contributed by atoms with van der Waals surface area (Å²) in [5, 5.41) is 0.643. The van der Waals surface area contributed by atoms with E-state index >= 15 is 0 Å². The minimum atomic E-state index is -3.07. The highest BCUT2D eigenvalue weighted by atomic mass is 32.2. The molecule has 0 atom stereocenters. The summed E-state index contributed by atoms with van der Waals surface area (Å²) in [5.74, 6) is 0.905. The van der Waals surface area contributed by atoms with E-state index in [0.717, 1.165) is 29.5 Å². The van der Waals surface area contributed by atoms with Crippen LogP contribution in [-0.4, -0.2) is 60.4 Å². The number of thioether (sulfide) groups is 1. The summed E-state index contributed by atoms with van der Waals surface area (Å²) < 4.78 is 26.4. The molecule has 6 nitrogen and oxygen atoms in total. The van der Waals surface area contributed by atoms with Crippen molar-refractivity contribution in [3.8, 4) is 0 Å². The molecule has 8 heteroatoms. The third-order valence-electron chi connectivity index (χ3n) is 4.51. The van der Waals surface area contributed by atoms with E-state index in [1.54, 1.807) is 4.31 Å². The minimum absolute atomic E-state index is 0.0424. The normalized spacial score (nSPS) is 20.4. The molecule has 3 rings (SSSR count). The van der Waals surface area contributed by atoms with Gasteiger partial charge in [0, 0.05) is 37.7 Å². The molecular weight excluding hydrogens is 344 g/mol. The lowest BCUT2D eigenvalue weighted by Crippen LogP contribution is -2.50. The van der Waals surface area contributed by atoms with Crippen LogP contribution < -0.4 is 4.90 Å². The fraction of sp³-hybridized carbons (Fsp3) is 0.750. The second-order valence-corrected chi connectivity index (χ2v) is 10.5. The van der Waals surface area contributed by atoms with Gasteiger partial charge >= 0.3 is 0 Å². The van der Waals surface area contributed by atoms with Crippen LogP contribution in [0.3, 0.4) is 0 Å². The highest BCUT2D eigenvalue weighted by Crippen LogP contribution is 2.32. The molecule has 2 heterocycles. The Morgan fingerprint density at radius 1 is 1.12 bits per heavy atom. The van der Waals surface area contributed by atoms with E-state index in [4.69, 9.17) is 0 Å². The molecule has 0 N–H and O–H groups in total. The Kier molecular flexibility index (Phi) is 4.83. The molecule has 1 saturated heterocycles. The number of sulfonamides is 1. The smallest absolute Gasteiger partial charge is 0.217 e. The quantitative estimate of drug-likeness (QED) is 0.597. The third-order valence-corrected chi connectivity index (χ3v) is 7.46. The number of piperazine rings is 1. The summed E-state index contributed by atoms with van der Waals surface area (Å²) in [4.78, 5) is 11.4. The molecule has 0 radical (unpaired) electrons. The summed E-state index contributed by atoms with van der Waals surface area (Å²) in [6.45, 7) is 8.88. The Balaban J connectivity index is 1.76. The van der Waals surface area contributed by atoms with Crippen molar-refractivity contribution in [2.75, 3.05) is 37.3 Å². The zero-order chi connectivity index (χ0) is 17.5. The zero-order valence-corrected chi connectivity index (χ0v) is 16.5. The fourth-order valence-electron chi connectivity index (χ4n) is 2.80. The standard InChI is InChI=1S/C16H26N4O2S2/c1-16(2,3)13-11-14(18-15(17-13)23-4)19-7-9-20(10-8-19)24(21,22)12-5-6-12/h11-12H,5-10H2,1-4H3. The van der Waals surface area contributed by atoms with Crippen molar-refractivity contribution in [2.45, 2.75) is 49.4 Å². The molecule has 0 aromatic carbocycles. The number of rotatable bonds is 4. The predicted octanol–water partition coefficient (Wildman–Crippen LogP) is 2.11. The SMILES string of the molecule is CSc1nc(N2CCN(S(=O)(=O)C3CC3)CC2)cc(C(C)(C)C)n1. The van der Waals surface area contributed by atoms with Crippen LogP contribution in [0.1, 0.15) is 39.3 Å². The van der Waals surface area contributed by atoms with Gasteiger partial charge in [-0.15, -0.1) is 0 Å². The van der Waals surface area contributed by atoms with Crippen molar-refractivity contribution in [3.63, 3.8) is 0 Å². The van der Waals surface area contributed by atoms with Gasteiger partial charge in [0.25, 0.3) is 0 Å². The van der Waals surface area contributed by atoms with Crippen molar-refractivity contribution >= 4 is 27.6 Å². The zero-order valence-electron chi connectivity index (χ0n) is 14.8. The molecule has 0 bridgehead atoms. The Morgan fingerprint density at radius 3 is 2.25 bits per heavy atom. The molecule has 1 aromatic rings. The summed E-state index contributed by atoms with van der Waals surface area (Å²) >= 11 is 1.54. The highest BCUT2D eigenvalue weighted by molar-refractivity contribution is 7.98. The molecule has 2 fully saturated rings. The first-order valence-corrected chi connectivity index (χ1v) is 11.1. The van der Waals surface area contributed by atoms with Gasteiger partial charge in [-0.3, -0.25) is 0 Å². The van der Waals surface area contributed by atoms with Gasteiger partial charge in [-0.25, -0.2) is 18.4 Å². The number of hydrogen-bond donors (Lipinski definition) is 0. The Hall–Kier alpha value is -0.860. The van der Waals surface area contributed by atoms with Gasteiger partial charge in [-0.1, -0.05) is 32.5 Å². The van der Waals surface area contributed by atoms with Crippen LogP contribution >= 0.6 is 11.8 Å². The van der Waals surface area contributed by atoms with Crippen LogP contribution in [0, 0.1) is 0 Å². The summed E-state index contributed by atoms with van der Waals surface area (Å²) in [6, 6.07) is 2.05. The maximum Gasteiger partial charge on any atom is 0.217 e. The molecule has 1 aliphatic carbocycles. The number of anilines is 1. The van der Waals surface area contributed by atoms with Crippen molar-refractivity contribution in [2.24, 2.45) is 0 Å². The van der Waals surface area contributed by atoms with Gasteiger partial charge in [0.15, 0.2) is 5.16 Å². The van der Waals surface area contributed by atoms with Crippen molar-refractivity contribution < 1.29 is 8.42 Å². The van der Waals surface area contributed by atoms with Crippen molar-refractivity contribution in [1.29, 1.82) is 0 Å². The lowest BCUT2D eigenvalue weighted by Gasteiger charge is -2.35. The third kappa shape index (κ3) is 3.70. The van der Waals surface area contributed by atoms with Crippen LogP contribution in [0.25, 0.3) is 0 Å². The molecule has 2 aliphatic rings. The minimum Gasteiger partial charge on any atom is -0.354 e. The highest BCUT2D eigenvalue weighted by Gasteiger charge is 2.41. The monoisotopic (exact) mass is 370 g/mol. The molecule has 24 heavy (non-hydrogen) atoms. The molecule has 1 aliphatic heterocycles. The molecule has 1 aromatic heterocycles. The van der Waals surface area contributed by atoms with E-state index in [-0.39, 0.29) is 10.7 Å². The number of nitrogens with zero attached hydrogens (tertiary/aromatic N) is 4. The summed E-state index contributed by atoms with van der Waals surface area (Å²) in [7, 11) is -3.07. The predicted molar refractivity (Wildman–Crippen MR) is 98.2 cm³/mol. The first-order chi connectivity index (χ1) is 11.2. The van der Waals surface area contributed by atoms with E-state index in [2.05, 4.69) is 35.6 Å². The first kappa shape index (κ1) is 17.9. The lowest BCUT2D eigenvalue weighted by atomic mass is 9.92. The average molecular weight is 371 g/mol. The Bertz CT molecular complexity index is 703. The van der Waals surface area contributed by atoms with E-state index in [0.29, 0.717) is 26.2 Å². The fourth-order valence-corrected chi connectivity index (χ4v) is 5.00. The molecule has 134 valence electrons. The second-order valence-electron chi connectivity index (χ2n) is 7.48. The van der Waals surface area contributed by atoms with E-state index in [1.165, 1.54) is 11.8 Å².